The van der Waals surface area contributed by atoms with Gasteiger partial charge in [-0.2, -0.15) is 4.31 Å². The van der Waals surface area contributed by atoms with Crippen molar-refractivity contribution in [2.24, 2.45) is 0 Å². The molecule has 1 aromatic carbocycles. The highest BCUT2D eigenvalue weighted by Gasteiger charge is 2.28. The van der Waals surface area contributed by atoms with Crippen LogP contribution < -0.4 is 5.32 Å². The Morgan fingerprint density at radius 3 is 2.33 bits per heavy atom. The first-order chi connectivity index (χ1) is 12.7. The van der Waals surface area contributed by atoms with Crippen LogP contribution in [0.2, 0.25) is 0 Å². The molecule has 0 spiro atoms. The van der Waals surface area contributed by atoms with E-state index < -0.39 is 22.0 Å². The van der Waals surface area contributed by atoms with Crippen LogP contribution in [-0.2, 0) is 26.2 Å². The molecule has 1 rings (SSSR count). The summed E-state index contributed by atoms with van der Waals surface area (Å²) < 4.78 is 24.2. The molecule has 0 saturated carbocycles. The Morgan fingerprint density at radius 1 is 1.15 bits per heavy atom. The first-order valence-electron chi connectivity index (χ1n) is 9.19. The number of hydrogen-bond donors (Lipinski definition) is 1. The van der Waals surface area contributed by atoms with Crippen molar-refractivity contribution in [1.82, 2.24) is 14.5 Å². The second kappa shape index (κ2) is 11.0. The molecular formula is C19H31N3O4S. The van der Waals surface area contributed by atoms with E-state index in [9.17, 15) is 18.0 Å². The first kappa shape index (κ1) is 23.1. The van der Waals surface area contributed by atoms with Gasteiger partial charge >= 0.3 is 0 Å². The molecule has 0 aromatic heterocycles. The highest BCUT2D eigenvalue weighted by molar-refractivity contribution is 7.88. The van der Waals surface area contributed by atoms with Crippen molar-refractivity contribution in [1.29, 1.82) is 0 Å². The Labute approximate surface area is 162 Å². The summed E-state index contributed by atoms with van der Waals surface area (Å²) >= 11 is 0. The van der Waals surface area contributed by atoms with E-state index in [-0.39, 0.29) is 19.0 Å². The number of nitrogens with one attached hydrogen (secondary N) is 1. The predicted octanol–water partition coefficient (Wildman–Crippen LogP) is 1.60. The Balaban J connectivity index is 2.89. The SMILES string of the molecule is CCCCCNC(=O)[C@H](C)N(Cc1ccccc1)C(=O)CN(C)S(C)(=O)=O. The lowest BCUT2D eigenvalue weighted by molar-refractivity contribution is -0.140. The molecule has 0 aliphatic carbocycles. The summed E-state index contributed by atoms with van der Waals surface area (Å²) in [6.45, 7) is 4.24. The van der Waals surface area contributed by atoms with Gasteiger partial charge in [0.25, 0.3) is 0 Å². The maximum absolute atomic E-state index is 12.8. The molecule has 27 heavy (non-hydrogen) atoms. The fourth-order valence-electron chi connectivity index (χ4n) is 2.50. The van der Waals surface area contributed by atoms with Crippen molar-refractivity contribution >= 4 is 21.8 Å². The number of carbonyl (C=O) groups is 2. The molecule has 0 radical (unpaired) electrons. The van der Waals surface area contributed by atoms with Gasteiger partial charge in [-0.25, -0.2) is 8.42 Å². The van der Waals surface area contributed by atoms with E-state index in [4.69, 9.17) is 0 Å². The quantitative estimate of drug-likeness (QED) is 0.575. The zero-order valence-corrected chi connectivity index (χ0v) is 17.5. The normalized spacial score (nSPS) is 12.6. The van der Waals surface area contributed by atoms with E-state index in [0.29, 0.717) is 6.54 Å². The van der Waals surface area contributed by atoms with Gasteiger partial charge in [0.15, 0.2) is 0 Å². The first-order valence-corrected chi connectivity index (χ1v) is 11.0. The van der Waals surface area contributed by atoms with Crippen molar-refractivity contribution in [3.8, 4) is 0 Å². The summed E-state index contributed by atoms with van der Waals surface area (Å²) in [6, 6.07) is 8.62. The summed E-state index contributed by atoms with van der Waals surface area (Å²) in [5, 5.41) is 2.86. The Hall–Kier alpha value is -1.93. The monoisotopic (exact) mass is 397 g/mol. The van der Waals surface area contributed by atoms with Crippen LogP contribution in [0.25, 0.3) is 0 Å². The zero-order valence-electron chi connectivity index (χ0n) is 16.6. The minimum atomic E-state index is -3.49. The van der Waals surface area contributed by atoms with Gasteiger partial charge in [-0.3, -0.25) is 9.59 Å². The molecular weight excluding hydrogens is 366 g/mol. The lowest BCUT2D eigenvalue weighted by atomic mass is 10.1. The molecule has 0 heterocycles. The number of sulfonamides is 1. The molecule has 0 unspecified atom stereocenters. The van der Waals surface area contributed by atoms with Gasteiger partial charge in [0.1, 0.15) is 6.04 Å². The van der Waals surface area contributed by atoms with E-state index in [1.807, 2.05) is 30.3 Å². The summed E-state index contributed by atoms with van der Waals surface area (Å²) in [5.74, 6) is -0.652. The number of likely N-dealkylation sites (N-methyl/N-ethyl adjacent to an activating group) is 1. The van der Waals surface area contributed by atoms with Gasteiger partial charge in [0, 0.05) is 20.1 Å². The summed E-state index contributed by atoms with van der Waals surface area (Å²) in [6.07, 6.45) is 4.02. The average Bonchev–Trinajstić information content (AvgIpc) is 2.62. The van der Waals surface area contributed by atoms with Crippen LogP contribution in [0.5, 0.6) is 0 Å². The number of unbranched alkanes of at least 4 members (excludes halogenated alkanes) is 2. The summed E-state index contributed by atoms with van der Waals surface area (Å²) in [7, 11) is -2.13. The van der Waals surface area contributed by atoms with E-state index >= 15 is 0 Å². The minimum Gasteiger partial charge on any atom is -0.354 e. The van der Waals surface area contributed by atoms with Crippen LogP contribution in [0.3, 0.4) is 0 Å². The standard InChI is InChI=1S/C19H31N3O4S/c1-5-6-10-13-20-19(24)16(2)22(14-17-11-8-7-9-12-17)18(23)15-21(3)27(4,25)26/h7-9,11-12,16H,5-6,10,13-15H2,1-4H3,(H,20,24)/t16-/m0/s1. The van der Waals surface area contributed by atoms with Gasteiger partial charge in [0.2, 0.25) is 21.8 Å². The second-order valence-corrected chi connectivity index (χ2v) is 8.79. The Morgan fingerprint density at radius 2 is 1.78 bits per heavy atom. The molecule has 0 bridgehead atoms. The molecule has 0 aliphatic rings. The Kier molecular flexibility index (Phi) is 9.45. The van der Waals surface area contributed by atoms with Crippen LogP contribution in [0.4, 0.5) is 0 Å². The fourth-order valence-corrected chi connectivity index (χ4v) is 2.84. The molecule has 8 heteroatoms. The maximum atomic E-state index is 12.8. The molecule has 2 amide bonds. The van der Waals surface area contributed by atoms with Crippen molar-refractivity contribution in [2.45, 2.75) is 45.7 Å². The Bertz CT molecular complexity index is 707. The smallest absolute Gasteiger partial charge is 0.242 e. The number of hydrogen-bond acceptors (Lipinski definition) is 4. The molecule has 1 atom stereocenters. The number of carbonyl (C=O) groups excluding carboxylic acids is 2. The van der Waals surface area contributed by atoms with Crippen molar-refractivity contribution in [3.05, 3.63) is 35.9 Å². The molecule has 0 fully saturated rings. The second-order valence-electron chi connectivity index (χ2n) is 6.70. The van der Waals surface area contributed by atoms with Crippen LogP contribution >= 0.6 is 0 Å². The third kappa shape index (κ3) is 8.09. The van der Waals surface area contributed by atoms with Crippen molar-refractivity contribution < 1.29 is 18.0 Å². The van der Waals surface area contributed by atoms with Crippen LogP contribution in [0, 0.1) is 0 Å². The van der Waals surface area contributed by atoms with Gasteiger partial charge < -0.3 is 10.2 Å². The van der Waals surface area contributed by atoms with E-state index in [0.717, 1.165) is 35.4 Å². The van der Waals surface area contributed by atoms with Crippen LogP contribution in [-0.4, -0.2) is 61.9 Å². The lowest BCUT2D eigenvalue weighted by Gasteiger charge is -2.30. The van der Waals surface area contributed by atoms with Crippen LogP contribution in [0.15, 0.2) is 30.3 Å². The summed E-state index contributed by atoms with van der Waals surface area (Å²) in [4.78, 5) is 26.7. The highest BCUT2D eigenvalue weighted by atomic mass is 32.2. The lowest BCUT2D eigenvalue weighted by Crippen LogP contribution is -2.50. The van der Waals surface area contributed by atoms with E-state index in [1.165, 1.54) is 11.9 Å². The largest absolute Gasteiger partial charge is 0.354 e. The number of rotatable bonds is 11. The fraction of sp³-hybridized carbons (Fsp3) is 0.579. The zero-order chi connectivity index (χ0) is 20.4. The molecule has 1 N–H and O–H groups in total. The third-order valence-electron chi connectivity index (χ3n) is 4.37. The molecule has 152 valence electrons. The van der Waals surface area contributed by atoms with Gasteiger partial charge in [-0.1, -0.05) is 50.1 Å². The number of benzene rings is 1. The third-order valence-corrected chi connectivity index (χ3v) is 5.63. The topological polar surface area (TPSA) is 86.8 Å². The van der Waals surface area contributed by atoms with Gasteiger partial charge in [0.05, 0.1) is 12.8 Å². The summed E-state index contributed by atoms with van der Waals surface area (Å²) in [5.41, 5.74) is 0.874. The molecule has 0 saturated heterocycles. The minimum absolute atomic E-state index is 0.237. The molecule has 1 aromatic rings. The van der Waals surface area contributed by atoms with E-state index in [1.54, 1.807) is 6.92 Å². The average molecular weight is 398 g/mol. The highest BCUT2D eigenvalue weighted by Crippen LogP contribution is 2.11. The van der Waals surface area contributed by atoms with Crippen molar-refractivity contribution in [2.75, 3.05) is 26.4 Å². The number of amides is 2. The van der Waals surface area contributed by atoms with Crippen molar-refractivity contribution in [3.63, 3.8) is 0 Å². The van der Waals surface area contributed by atoms with Gasteiger partial charge in [-0.15, -0.1) is 0 Å². The molecule has 0 aliphatic heterocycles. The number of nitrogens with zero attached hydrogens (tertiary/aromatic N) is 2. The van der Waals surface area contributed by atoms with Gasteiger partial charge in [-0.05, 0) is 18.9 Å². The molecule has 7 nitrogen and oxygen atoms in total. The predicted molar refractivity (Wildman–Crippen MR) is 106 cm³/mol. The van der Waals surface area contributed by atoms with E-state index in [2.05, 4.69) is 12.2 Å². The maximum Gasteiger partial charge on any atom is 0.242 e. The van der Waals surface area contributed by atoms with Crippen LogP contribution in [0.1, 0.15) is 38.7 Å².